The summed E-state index contributed by atoms with van der Waals surface area (Å²) in [6.45, 7) is 2.19. The summed E-state index contributed by atoms with van der Waals surface area (Å²) in [6.07, 6.45) is 6.95. The number of esters is 1. The van der Waals surface area contributed by atoms with Gasteiger partial charge in [0.1, 0.15) is 6.61 Å². The van der Waals surface area contributed by atoms with Crippen molar-refractivity contribution in [3.63, 3.8) is 0 Å². The number of rotatable bonds is 5. The minimum atomic E-state index is -0.547. The summed E-state index contributed by atoms with van der Waals surface area (Å²) in [4.78, 5) is 41.1. The summed E-state index contributed by atoms with van der Waals surface area (Å²) in [7, 11) is 0. The highest BCUT2D eigenvalue weighted by Crippen LogP contribution is 2.26. The second-order valence-corrected chi connectivity index (χ2v) is 10.4. The van der Waals surface area contributed by atoms with Crippen molar-refractivity contribution in [2.45, 2.75) is 64.1 Å². The Kier molecular flexibility index (Phi) is 9.71. The average Bonchev–Trinajstić information content (AvgIpc) is 2.94. The Labute approximate surface area is 224 Å². The van der Waals surface area contributed by atoms with E-state index >= 15 is 0 Å². The number of cyclic esters (lactones) is 1. The van der Waals surface area contributed by atoms with Crippen LogP contribution in [0.15, 0.2) is 66.7 Å². The molecule has 2 aromatic rings. The van der Waals surface area contributed by atoms with Crippen LogP contribution in [0.1, 0.15) is 49.3 Å². The van der Waals surface area contributed by atoms with Crippen LogP contribution < -0.4 is 5.32 Å². The smallest absolute Gasteiger partial charge is 0.309 e. The summed E-state index contributed by atoms with van der Waals surface area (Å²) in [5.74, 6) is -1.44. The molecule has 0 aliphatic carbocycles. The lowest BCUT2D eigenvalue weighted by atomic mass is 9.92. The number of hydrogen-bond acceptors (Lipinski definition) is 5. The van der Waals surface area contributed by atoms with Gasteiger partial charge in [0, 0.05) is 13.0 Å². The summed E-state index contributed by atoms with van der Waals surface area (Å²) in [5, 5.41) is 12.9. The van der Waals surface area contributed by atoms with Crippen LogP contribution in [0.25, 0.3) is 0 Å². The Balaban J connectivity index is 1.43. The molecule has 0 fully saturated rings. The van der Waals surface area contributed by atoms with Gasteiger partial charge in [-0.25, -0.2) is 0 Å². The van der Waals surface area contributed by atoms with E-state index in [1.807, 2.05) is 66.7 Å². The third-order valence-corrected chi connectivity index (χ3v) is 7.47. The van der Waals surface area contributed by atoms with E-state index in [2.05, 4.69) is 5.32 Å². The van der Waals surface area contributed by atoms with E-state index < -0.39 is 5.92 Å². The standard InChI is InChI=1S/C31H38N2O5/c1-22-21-38-31(37)26(16-23-10-4-2-5-11-23)14-7-3-6-13-25(30(36)32-22)18-29(35)33-19-27-15-9-8-12-24(27)17-28(33)20-34/h2-6,8-12,15,22,25-26,28,34H,7,13-14,16-21H2,1H3,(H,32,36)/t22-,25+,26+,28-/m0/s1. The molecule has 0 unspecified atom stereocenters. The van der Waals surface area contributed by atoms with Crippen molar-refractivity contribution < 1.29 is 24.2 Å². The van der Waals surface area contributed by atoms with Crippen molar-refractivity contribution in [2.75, 3.05) is 13.2 Å². The normalized spacial score (nSPS) is 24.7. The van der Waals surface area contributed by atoms with E-state index in [0.717, 1.165) is 16.7 Å². The number of ether oxygens (including phenoxy) is 1. The molecule has 0 bridgehead atoms. The topological polar surface area (TPSA) is 95.9 Å². The molecule has 0 aromatic heterocycles. The summed E-state index contributed by atoms with van der Waals surface area (Å²) >= 11 is 0. The lowest BCUT2D eigenvalue weighted by Gasteiger charge is -2.36. The van der Waals surface area contributed by atoms with E-state index in [4.69, 9.17) is 4.74 Å². The second kappa shape index (κ2) is 13.4. The number of benzene rings is 2. The molecule has 0 spiro atoms. The average molecular weight is 519 g/mol. The maximum atomic E-state index is 13.4. The van der Waals surface area contributed by atoms with Gasteiger partial charge in [0.05, 0.1) is 30.5 Å². The molecule has 4 atom stereocenters. The molecule has 38 heavy (non-hydrogen) atoms. The molecule has 7 heteroatoms. The molecular formula is C31H38N2O5. The highest BCUT2D eigenvalue weighted by atomic mass is 16.5. The number of aliphatic hydroxyl groups is 1. The Morgan fingerprint density at radius 3 is 2.53 bits per heavy atom. The number of hydrogen-bond donors (Lipinski definition) is 2. The van der Waals surface area contributed by atoms with Gasteiger partial charge in [-0.1, -0.05) is 66.7 Å². The molecule has 2 aliphatic heterocycles. The van der Waals surface area contributed by atoms with Crippen LogP contribution in [0, 0.1) is 11.8 Å². The van der Waals surface area contributed by atoms with Crippen molar-refractivity contribution in [2.24, 2.45) is 11.8 Å². The van der Waals surface area contributed by atoms with Crippen LogP contribution in [-0.4, -0.2) is 53.1 Å². The molecule has 202 valence electrons. The summed E-state index contributed by atoms with van der Waals surface area (Å²) in [5.41, 5.74) is 3.31. The van der Waals surface area contributed by atoms with Crippen molar-refractivity contribution in [1.29, 1.82) is 0 Å². The lowest BCUT2D eigenvalue weighted by molar-refractivity contribution is -0.150. The number of nitrogens with zero attached hydrogens (tertiary/aromatic N) is 1. The SMILES string of the molecule is C[C@H]1COC(=O)[C@@H](Cc2ccccc2)CCC=CC[C@H](CC(=O)N2Cc3ccccc3C[C@H]2CO)C(=O)N1. The zero-order chi connectivity index (χ0) is 26.9. The molecule has 2 N–H and O–H groups in total. The lowest BCUT2D eigenvalue weighted by Crippen LogP contribution is -2.48. The second-order valence-electron chi connectivity index (χ2n) is 10.4. The minimum absolute atomic E-state index is 0.0536. The Morgan fingerprint density at radius 2 is 1.76 bits per heavy atom. The monoisotopic (exact) mass is 518 g/mol. The molecule has 2 aliphatic rings. The van der Waals surface area contributed by atoms with Crippen molar-refractivity contribution in [3.8, 4) is 0 Å². The van der Waals surface area contributed by atoms with Crippen LogP contribution in [0.2, 0.25) is 0 Å². The first-order valence-corrected chi connectivity index (χ1v) is 13.6. The van der Waals surface area contributed by atoms with E-state index in [0.29, 0.717) is 38.6 Å². The number of allylic oxidation sites excluding steroid dienone is 2. The zero-order valence-corrected chi connectivity index (χ0v) is 22.1. The van der Waals surface area contributed by atoms with Gasteiger partial charge in [-0.15, -0.1) is 0 Å². The van der Waals surface area contributed by atoms with Gasteiger partial charge < -0.3 is 20.1 Å². The molecule has 0 saturated heterocycles. The fourth-order valence-corrected chi connectivity index (χ4v) is 5.26. The van der Waals surface area contributed by atoms with E-state index in [1.54, 1.807) is 11.8 Å². The van der Waals surface area contributed by atoms with Crippen LogP contribution in [0.5, 0.6) is 0 Å². The van der Waals surface area contributed by atoms with Crippen LogP contribution in [0.3, 0.4) is 0 Å². The van der Waals surface area contributed by atoms with Gasteiger partial charge in [-0.05, 0) is 55.7 Å². The van der Waals surface area contributed by atoms with Crippen molar-refractivity contribution in [3.05, 3.63) is 83.4 Å². The maximum absolute atomic E-state index is 13.4. The predicted molar refractivity (Wildman–Crippen MR) is 145 cm³/mol. The first-order chi connectivity index (χ1) is 18.4. The number of nitrogens with one attached hydrogen (secondary N) is 1. The molecule has 2 amide bonds. The predicted octanol–water partition coefficient (Wildman–Crippen LogP) is 3.59. The fraction of sp³-hybridized carbons (Fsp3) is 0.452. The van der Waals surface area contributed by atoms with Gasteiger partial charge in [-0.3, -0.25) is 14.4 Å². The third kappa shape index (κ3) is 7.32. The number of aliphatic hydroxyl groups excluding tert-OH is 1. The summed E-state index contributed by atoms with van der Waals surface area (Å²) in [6, 6.07) is 17.2. The molecule has 0 saturated carbocycles. The molecule has 0 radical (unpaired) electrons. The Morgan fingerprint density at radius 1 is 1.03 bits per heavy atom. The third-order valence-electron chi connectivity index (χ3n) is 7.47. The quantitative estimate of drug-likeness (QED) is 0.466. The van der Waals surface area contributed by atoms with Crippen molar-refractivity contribution >= 4 is 17.8 Å². The van der Waals surface area contributed by atoms with Gasteiger partial charge in [0.15, 0.2) is 0 Å². The van der Waals surface area contributed by atoms with Crippen LogP contribution in [-0.2, 0) is 38.5 Å². The minimum Gasteiger partial charge on any atom is -0.463 e. The van der Waals surface area contributed by atoms with Gasteiger partial charge in [0.2, 0.25) is 11.8 Å². The zero-order valence-electron chi connectivity index (χ0n) is 22.1. The van der Waals surface area contributed by atoms with E-state index in [9.17, 15) is 19.5 Å². The summed E-state index contributed by atoms with van der Waals surface area (Å²) < 4.78 is 5.59. The highest BCUT2D eigenvalue weighted by molar-refractivity contribution is 5.86. The molecular weight excluding hydrogens is 480 g/mol. The van der Waals surface area contributed by atoms with Crippen LogP contribution in [0.4, 0.5) is 0 Å². The highest BCUT2D eigenvalue weighted by Gasteiger charge is 2.32. The number of carbonyl (C=O) groups is 3. The molecule has 2 aromatic carbocycles. The van der Waals surface area contributed by atoms with Crippen LogP contribution >= 0.6 is 0 Å². The number of amides is 2. The first-order valence-electron chi connectivity index (χ1n) is 13.6. The first kappa shape index (κ1) is 27.6. The Hall–Kier alpha value is -3.45. The molecule has 4 rings (SSSR count). The Bertz CT molecular complexity index is 1130. The van der Waals surface area contributed by atoms with Gasteiger partial charge in [0.25, 0.3) is 0 Å². The van der Waals surface area contributed by atoms with Crippen molar-refractivity contribution in [1.82, 2.24) is 10.2 Å². The van der Waals surface area contributed by atoms with Gasteiger partial charge >= 0.3 is 5.97 Å². The number of carbonyl (C=O) groups excluding carboxylic acids is 3. The molecule has 2 heterocycles. The maximum Gasteiger partial charge on any atom is 0.309 e. The fourth-order valence-electron chi connectivity index (χ4n) is 5.26. The van der Waals surface area contributed by atoms with E-state index in [-0.39, 0.29) is 55.4 Å². The van der Waals surface area contributed by atoms with E-state index in [1.165, 1.54) is 0 Å². The number of fused-ring (bicyclic) bond motifs is 1. The largest absolute Gasteiger partial charge is 0.463 e. The molecule has 7 nitrogen and oxygen atoms in total. The van der Waals surface area contributed by atoms with Gasteiger partial charge in [-0.2, -0.15) is 0 Å².